The van der Waals surface area contributed by atoms with Gasteiger partial charge in [-0.3, -0.25) is 4.79 Å². The van der Waals surface area contributed by atoms with Crippen LogP contribution in [0.5, 0.6) is 0 Å². The number of aromatic nitrogens is 2. The van der Waals surface area contributed by atoms with E-state index < -0.39 is 23.0 Å². The van der Waals surface area contributed by atoms with E-state index in [4.69, 9.17) is 11.6 Å². The topological polar surface area (TPSA) is 45.8 Å². The molecule has 0 saturated heterocycles. The zero-order valence-electron chi connectivity index (χ0n) is 8.01. The van der Waals surface area contributed by atoms with Crippen LogP contribution in [0.15, 0.2) is 17.2 Å². The van der Waals surface area contributed by atoms with Crippen LogP contribution >= 0.6 is 11.6 Å². The van der Waals surface area contributed by atoms with E-state index in [1.54, 1.807) is 0 Å². The minimum atomic E-state index is -4.64. The fourth-order valence-electron chi connectivity index (χ4n) is 1.05. The molecular weight excluding hydrogens is 245 g/mol. The Morgan fingerprint density at radius 2 is 2.19 bits per heavy atom. The number of aromatic amines is 1. The Kier molecular flexibility index (Phi) is 4.12. The Bertz CT molecular complexity index is 439. The SMILES string of the molecule is O=c1[nH]cnc(C(F)(F)F)c1C=CCCCl. The third-order valence-electron chi connectivity index (χ3n) is 1.72. The molecule has 88 valence electrons. The molecule has 0 unspecified atom stereocenters. The fourth-order valence-corrected chi connectivity index (χ4v) is 1.18. The minimum Gasteiger partial charge on any atom is -0.313 e. The molecule has 7 heteroatoms. The first-order valence-electron chi connectivity index (χ1n) is 4.34. The number of alkyl halides is 4. The average molecular weight is 253 g/mol. The molecule has 1 aromatic heterocycles. The highest BCUT2D eigenvalue weighted by Gasteiger charge is 2.35. The van der Waals surface area contributed by atoms with Gasteiger partial charge in [-0.2, -0.15) is 13.2 Å². The van der Waals surface area contributed by atoms with E-state index in [0.717, 1.165) is 12.4 Å². The number of rotatable bonds is 3. The molecule has 3 nitrogen and oxygen atoms in total. The third kappa shape index (κ3) is 3.10. The van der Waals surface area contributed by atoms with Crippen molar-refractivity contribution in [2.75, 3.05) is 5.88 Å². The van der Waals surface area contributed by atoms with Gasteiger partial charge in [0.25, 0.3) is 5.56 Å². The van der Waals surface area contributed by atoms with Crippen molar-refractivity contribution in [3.63, 3.8) is 0 Å². The maximum absolute atomic E-state index is 12.5. The van der Waals surface area contributed by atoms with Crippen LogP contribution in [0.2, 0.25) is 0 Å². The van der Waals surface area contributed by atoms with E-state index in [2.05, 4.69) is 9.97 Å². The van der Waals surface area contributed by atoms with Crippen molar-refractivity contribution in [2.45, 2.75) is 12.6 Å². The van der Waals surface area contributed by atoms with Crippen LogP contribution in [0.25, 0.3) is 6.08 Å². The molecule has 0 aliphatic rings. The van der Waals surface area contributed by atoms with Crippen LogP contribution < -0.4 is 5.56 Å². The van der Waals surface area contributed by atoms with Gasteiger partial charge in [-0.15, -0.1) is 11.6 Å². The molecular formula is C9H8ClF3N2O. The zero-order chi connectivity index (χ0) is 12.2. The van der Waals surface area contributed by atoms with Crippen molar-refractivity contribution < 1.29 is 13.2 Å². The molecule has 0 atom stereocenters. The monoisotopic (exact) mass is 252 g/mol. The van der Waals surface area contributed by atoms with Crippen LogP contribution in [0.4, 0.5) is 13.2 Å². The highest BCUT2D eigenvalue weighted by Crippen LogP contribution is 2.29. The van der Waals surface area contributed by atoms with Crippen molar-refractivity contribution in [3.8, 4) is 0 Å². The normalized spacial score (nSPS) is 12.2. The highest BCUT2D eigenvalue weighted by molar-refractivity contribution is 6.17. The number of nitrogens with zero attached hydrogens (tertiary/aromatic N) is 1. The Morgan fingerprint density at radius 3 is 2.75 bits per heavy atom. The van der Waals surface area contributed by atoms with Crippen LogP contribution in [0.3, 0.4) is 0 Å². The lowest BCUT2D eigenvalue weighted by Crippen LogP contribution is -2.20. The van der Waals surface area contributed by atoms with Gasteiger partial charge in [0.1, 0.15) is 0 Å². The second kappa shape index (κ2) is 5.16. The first-order chi connectivity index (χ1) is 7.46. The summed E-state index contributed by atoms with van der Waals surface area (Å²) in [4.78, 5) is 16.4. The smallest absolute Gasteiger partial charge is 0.313 e. The number of hydrogen-bond acceptors (Lipinski definition) is 2. The third-order valence-corrected chi connectivity index (χ3v) is 1.94. The summed E-state index contributed by atoms with van der Waals surface area (Å²) >= 11 is 5.36. The van der Waals surface area contributed by atoms with Gasteiger partial charge in [0.05, 0.1) is 11.9 Å². The van der Waals surface area contributed by atoms with Gasteiger partial charge in [0.2, 0.25) is 0 Å². The molecule has 16 heavy (non-hydrogen) atoms. The summed E-state index contributed by atoms with van der Waals surface area (Å²) in [5.74, 6) is 0.274. The molecule has 0 aromatic carbocycles. The molecule has 1 rings (SSSR count). The number of halogens is 4. The van der Waals surface area contributed by atoms with Crippen LogP contribution in [0, 0.1) is 0 Å². The number of allylic oxidation sites excluding steroid dienone is 1. The van der Waals surface area contributed by atoms with Crippen molar-refractivity contribution in [1.82, 2.24) is 9.97 Å². The molecule has 0 saturated carbocycles. The number of nitrogens with one attached hydrogen (secondary N) is 1. The van der Waals surface area contributed by atoms with Gasteiger partial charge < -0.3 is 4.98 Å². The minimum absolute atomic E-state index is 0.274. The second-order valence-corrected chi connectivity index (χ2v) is 3.25. The summed E-state index contributed by atoms with van der Waals surface area (Å²) in [6, 6.07) is 0. The lowest BCUT2D eigenvalue weighted by atomic mass is 10.2. The first-order valence-corrected chi connectivity index (χ1v) is 4.87. The van der Waals surface area contributed by atoms with Gasteiger partial charge in [0.15, 0.2) is 5.69 Å². The number of hydrogen-bond donors (Lipinski definition) is 1. The molecule has 0 aliphatic heterocycles. The Hall–Kier alpha value is -1.30. The van der Waals surface area contributed by atoms with E-state index in [9.17, 15) is 18.0 Å². The summed E-state index contributed by atoms with van der Waals surface area (Å²) in [6.07, 6.45) is -1.06. The van der Waals surface area contributed by atoms with Gasteiger partial charge in [-0.05, 0) is 6.42 Å². The van der Waals surface area contributed by atoms with Gasteiger partial charge >= 0.3 is 6.18 Å². The predicted molar refractivity (Wildman–Crippen MR) is 54.2 cm³/mol. The quantitative estimate of drug-likeness (QED) is 0.840. The van der Waals surface area contributed by atoms with E-state index >= 15 is 0 Å². The fraction of sp³-hybridized carbons (Fsp3) is 0.333. The largest absolute Gasteiger partial charge is 0.434 e. The Labute approximate surface area is 94.0 Å². The lowest BCUT2D eigenvalue weighted by molar-refractivity contribution is -0.141. The van der Waals surface area contributed by atoms with E-state index in [0.29, 0.717) is 6.42 Å². The van der Waals surface area contributed by atoms with Crippen molar-refractivity contribution >= 4 is 17.7 Å². The molecule has 0 spiro atoms. The van der Waals surface area contributed by atoms with Gasteiger partial charge in [-0.25, -0.2) is 4.98 Å². The highest BCUT2D eigenvalue weighted by atomic mass is 35.5. The summed E-state index contributed by atoms with van der Waals surface area (Å²) in [5, 5.41) is 0. The lowest BCUT2D eigenvalue weighted by Gasteiger charge is -2.07. The maximum atomic E-state index is 12.5. The van der Waals surface area contributed by atoms with E-state index in [1.165, 1.54) is 6.08 Å². The summed E-state index contributed by atoms with van der Waals surface area (Å²) < 4.78 is 37.4. The van der Waals surface area contributed by atoms with Crippen molar-refractivity contribution in [3.05, 3.63) is 34.0 Å². The molecule has 1 N–H and O–H groups in total. The molecule has 0 bridgehead atoms. The molecule has 0 radical (unpaired) electrons. The molecule has 1 aromatic rings. The average Bonchev–Trinajstić information content (AvgIpc) is 2.19. The second-order valence-electron chi connectivity index (χ2n) is 2.87. The number of H-pyrrole nitrogens is 1. The Morgan fingerprint density at radius 1 is 1.50 bits per heavy atom. The van der Waals surface area contributed by atoms with Crippen LogP contribution in [0.1, 0.15) is 17.7 Å². The summed E-state index contributed by atoms with van der Waals surface area (Å²) in [5.41, 5.74) is -2.52. The maximum Gasteiger partial charge on any atom is 0.434 e. The molecule has 0 amide bonds. The molecule has 0 aliphatic carbocycles. The standard InChI is InChI=1S/C9H8ClF3N2O/c10-4-2-1-3-6-7(9(11,12)13)14-5-15-8(6)16/h1,3,5H,2,4H2,(H,14,15,16). The van der Waals surface area contributed by atoms with Crippen molar-refractivity contribution in [2.24, 2.45) is 0 Å². The predicted octanol–water partition coefficient (Wildman–Crippen LogP) is 2.43. The van der Waals surface area contributed by atoms with Crippen LogP contribution in [-0.2, 0) is 6.18 Å². The van der Waals surface area contributed by atoms with Crippen LogP contribution in [-0.4, -0.2) is 15.8 Å². The first kappa shape index (κ1) is 12.8. The zero-order valence-corrected chi connectivity index (χ0v) is 8.77. The molecule has 0 fully saturated rings. The molecule has 1 heterocycles. The summed E-state index contributed by atoms with van der Waals surface area (Å²) in [7, 11) is 0. The Balaban J connectivity index is 3.20. The summed E-state index contributed by atoms with van der Waals surface area (Å²) in [6.45, 7) is 0. The van der Waals surface area contributed by atoms with Gasteiger partial charge in [-0.1, -0.05) is 12.2 Å². The van der Waals surface area contributed by atoms with Crippen molar-refractivity contribution in [1.29, 1.82) is 0 Å². The van der Waals surface area contributed by atoms with Gasteiger partial charge in [0, 0.05) is 5.88 Å². The van der Waals surface area contributed by atoms with E-state index in [1.807, 2.05) is 0 Å². The van der Waals surface area contributed by atoms with E-state index in [-0.39, 0.29) is 5.88 Å².